The Morgan fingerprint density at radius 3 is 2.58 bits per heavy atom. The molecule has 0 saturated carbocycles. The summed E-state index contributed by atoms with van der Waals surface area (Å²) in [6, 6.07) is 21.0. The van der Waals surface area contributed by atoms with E-state index in [9.17, 15) is 4.79 Å². The predicted molar refractivity (Wildman–Crippen MR) is 122 cm³/mol. The Morgan fingerprint density at radius 2 is 1.87 bits per heavy atom. The van der Waals surface area contributed by atoms with Gasteiger partial charge in [-0.1, -0.05) is 41.1 Å². The molecule has 0 atom stereocenters. The minimum absolute atomic E-state index is 0.126. The van der Waals surface area contributed by atoms with Crippen LogP contribution in [0.4, 0.5) is 0 Å². The van der Waals surface area contributed by atoms with Gasteiger partial charge in [0.05, 0.1) is 0 Å². The second-order valence-electron chi connectivity index (χ2n) is 6.56. The highest BCUT2D eigenvalue weighted by molar-refractivity contribution is 7.99. The molecule has 0 radical (unpaired) electrons. The van der Waals surface area contributed by atoms with Crippen molar-refractivity contribution in [2.45, 2.75) is 11.8 Å². The lowest BCUT2D eigenvalue weighted by atomic mass is 10.2. The van der Waals surface area contributed by atoms with E-state index in [0.717, 1.165) is 5.75 Å². The molecule has 3 aromatic rings. The highest BCUT2D eigenvalue weighted by Crippen LogP contribution is 2.19. The minimum Gasteiger partial charge on any atom is -0.439 e. The summed E-state index contributed by atoms with van der Waals surface area (Å²) >= 11 is 1.68. The topological polar surface area (TPSA) is 98.8 Å². The Bertz CT molecular complexity index is 994. The third kappa shape index (κ3) is 7.67. The predicted octanol–water partition coefficient (Wildman–Crippen LogP) is 3.73. The molecule has 0 spiro atoms. The molecule has 1 heterocycles. The molecule has 0 bridgehead atoms. The monoisotopic (exact) mass is 436 g/mol. The normalized spacial score (nSPS) is 11.1. The van der Waals surface area contributed by atoms with Crippen LogP contribution in [0.1, 0.15) is 11.1 Å². The summed E-state index contributed by atoms with van der Waals surface area (Å²) in [5.41, 5.74) is 7.68. The Labute approximate surface area is 185 Å². The van der Waals surface area contributed by atoms with Crippen molar-refractivity contribution < 1.29 is 14.4 Å². The van der Waals surface area contributed by atoms with Crippen molar-refractivity contribution in [3.63, 3.8) is 0 Å². The molecule has 0 unspecified atom stereocenters. The first-order valence-corrected chi connectivity index (χ1v) is 10.7. The van der Waals surface area contributed by atoms with Gasteiger partial charge in [-0.05, 0) is 37.3 Å². The molecule has 0 aliphatic carbocycles. The third-order valence-corrected chi connectivity index (χ3v) is 5.08. The van der Waals surface area contributed by atoms with Gasteiger partial charge in [0.2, 0.25) is 5.88 Å². The molecule has 3 N–H and O–H groups in total. The Balaban J connectivity index is 1.36. The van der Waals surface area contributed by atoms with Crippen LogP contribution in [-0.2, 0) is 9.63 Å². The number of rotatable bonds is 10. The van der Waals surface area contributed by atoms with Gasteiger partial charge < -0.3 is 20.6 Å². The molecule has 0 saturated heterocycles. The number of nitrogens with two attached hydrogens (primary N) is 1. The van der Waals surface area contributed by atoms with Crippen LogP contribution in [-0.4, -0.2) is 35.6 Å². The zero-order valence-electron chi connectivity index (χ0n) is 17.2. The van der Waals surface area contributed by atoms with Crippen LogP contribution in [0, 0.1) is 6.92 Å². The molecular weight excluding hydrogens is 412 g/mol. The zero-order valence-corrected chi connectivity index (χ0v) is 18.0. The number of amidine groups is 1. The maximum atomic E-state index is 11.9. The molecule has 0 aliphatic rings. The number of ether oxygens (including phenoxy) is 1. The van der Waals surface area contributed by atoms with Crippen molar-refractivity contribution in [2.24, 2.45) is 10.9 Å². The molecule has 3 rings (SSSR count). The first-order valence-electron chi connectivity index (χ1n) is 9.71. The fraction of sp³-hybridized carbons (Fsp3) is 0.174. The first-order chi connectivity index (χ1) is 15.1. The number of oxime groups is 1. The number of hydrogen-bond acceptors (Lipinski definition) is 6. The smallest absolute Gasteiger partial charge is 0.260 e. The standard InChI is InChI=1S/C23H24N4O3S/c1-17-7-10-20(11-8-17)31-14-13-25-21(28)16-29-27-23(24)18-9-12-22(26-15-18)30-19-5-3-2-4-6-19/h2-12,15H,13-14,16H2,1H3,(H2,24,27)(H,25,28). The van der Waals surface area contributed by atoms with Crippen LogP contribution >= 0.6 is 11.8 Å². The number of thioether (sulfide) groups is 1. The van der Waals surface area contributed by atoms with Crippen LogP contribution < -0.4 is 15.8 Å². The zero-order chi connectivity index (χ0) is 21.9. The molecule has 0 aliphatic heterocycles. The lowest BCUT2D eigenvalue weighted by Crippen LogP contribution is -2.29. The van der Waals surface area contributed by atoms with Gasteiger partial charge in [-0.25, -0.2) is 4.98 Å². The van der Waals surface area contributed by atoms with E-state index in [0.29, 0.717) is 23.7 Å². The second kappa shape index (κ2) is 11.6. The number of carbonyl (C=O) groups is 1. The van der Waals surface area contributed by atoms with E-state index in [1.807, 2.05) is 30.3 Å². The Hall–Kier alpha value is -3.52. The van der Waals surface area contributed by atoms with Gasteiger partial charge in [-0.3, -0.25) is 4.79 Å². The average Bonchev–Trinajstić information content (AvgIpc) is 2.79. The van der Waals surface area contributed by atoms with Crippen LogP contribution in [0.25, 0.3) is 0 Å². The maximum absolute atomic E-state index is 11.9. The number of nitrogens with one attached hydrogen (secondary N) is 1. The number of carbonyl (C=O) groups excluding carboxylic acids is 1. The van der Waals surface area contributed by atoms with E-state index < -0.39 is 0 Å². The number of para-hydroxylation sites is 1. The highest BCUT2D eigenvalue weighted by Gasteiger charge is 2.05. The number of hydrogen-bond donors (Lipinski definition) is 2. The number of amides is 1. The summed E-state index contributed by atoms with van der Waals surface area (Å²) in [6.07, 6.45) is 1.53. The van der Waals surface area contributed by atoms with Crippen LogP contribution in [0.2, 0.25) is 0 Å². The summed E-state index contributed by atoms with van der Waals surface area (Å²) in [5.74, 6) is 1.76. The fourth-order valence-electron chi connectivity index (χ4n) is 2.46. The SMILES string of the molecule is Cc1ccc(SCCNC(=O)CO/N=C(/N)c2ccc(Oc3ccccc3)nc2)cc1. The number of benzene rings is 2. The van der Waals surface area contributed by atoms with E-state index >= 15 is 0 Å². The van der Waals surface area contributed by atoms with Crippen molar-refractivity contribution in [3.8, 4) is 11.6 Å². The van der Waals surface area contributed by atoms with Crippen molar-refractivity contribution in [3.05, 3.63) is 84.1 Å². The third-order valence-electron chi connectivity index (χ3n) is 4.07. The van der Waals surface area contributed by atoms with Crippen LogP contribution in [0.5, 0.6) is 11.6 Å². The summed E-state index contributed by atoms with van der Waals surface area (Å²) in [6.45, 7) is 2.38. The van der Waals surface area contributed by atoms with Gasteiger partial charge >= 0.3 is 0 Å². The average molecular weight is 437 g/mol. The molecule has 160 valence electrons. The van der Waals surface area contributed by atoms with Crippen LogP contribution in [0.3, 0.4) is 0 Å². The molecule has 2 aromatic carbocycles. The molecule has 1 aromatic heterocycles. The number of aryl methyl sites for hydroxylation is 1. The van der Waals surface area contributed by atoms with Gasteiger partial charge in [0.15, 0.2) is 12.4 Å². The quantitative estimate of drug-likeness (QED) is 0.165. The maximum Gasteiger partial charge on any atom is 0.260 e. The largest absolute Gasteiger partial charge is 0.439 e. The van der Waals surface area contributed by atoms with E-state index in [-0.39, 0.29) is 18.3 Å². The first kappa shape index (κ1) is 22.2. The van der Waals surface area contributed by atoms with E-state index in [4.69, 9.17) is 15.3 Å². The fourth-order valence-corrected chi connectivity index (χ4v) is 3.23. The summed E-state index contributed by atoms with van der Waals surface area (Å²) in [4.78, 5) is 22.3. The van der Waals surface area contributed by atoms with Crippen molar-refractivity contribution in [1.82, 2.24) is 10.3 Å². The summed E-state index contributed by atoms with van der Waals surface area (Å²) in [7, 11) is 0. The van der Waals surface area contributed by atoms with Crippen molar-refractivity contribution >= 4 is 23.5 Å². The molecular formula is C23H24N4O3S. The molecule has 1 amide bonds. The van der Waals surface area contributed by atoms with Gasteiger partial charge in [-0.2, -0.15) is 0 Å². The van der Waals surface area contributed by atoms with Crippen LogP contribution in [0.15, 0.2) is 83.0 Å². The molecule has 8 heteroatoms. The number of aromatic nitrogens is 1. The van der Waals surface area contributed by atoms with Gasteiger partial charge in [0, 0.05) is 35.0 Å². The van der Waals surface area contributed by atoms with E-state index in [2.05, 4.69) is 46.6 Å². The Kier molecular flexibility index (Phi) is 8.30. The summed E-state index contributed by atoms with van der Waals surface area (Å²) < 4.78 is 5.63. The number of pyridine rings is 1. The van der Waals surface area contributed by atoms with Gasteiger partial charge in [-0.15, -0.1) is 11.8 Å². The summed E-state index contributed by atoms with van der Waals surface area (Å²) in [5, 5.41) is 6.56. The van der Waals surface area contributed by atoms with Crippen molar-refractivity contribution in [2.75, 3.05) is 18.9 Å². The lowest BCUT2D eigenvalue weighted by Gasteiger charge is -2.06. The van der Waals surface area contributed by atoms with E-state index in [1.54, 1.807) is 23.9 Å². The van der Waals surface area contributed by atoms with E-state index in [1.165, 1.54) is 16.7 Å². The molecule has 31 heavy (non-hydrogen) atoms. The Morgan fingerprint density at radius 1 is 1.10 bits per heavy atom. The second-order valence-corrected chi connectivity index (χ2v) is 7.73. The lowest BCUT2D eigenvalue weighted by molar-refractivity contribution is -0.125. The van der Waals surface area contributed by atoms with Gasteiger partial charge in [0.25, 0.3) is 5.91 Å². The highest BCUT2D eigenvalue weighted by atomic mass is 32.2. The van der Waals surface area contributed by atoms with Crippen molar-refractivity contribution in [1.29, 1.82) is 0 Å². The molecule has 0 fully saturated rings. The molecule has 7 nitrogen and oxygen atoms in total. The minimum atomic E-state index is -0.259. The van der Waals surface area contributed by atoms with Gasteiger partial charge in [0.1, 0.15) is 5.75 Å². The number of nitrogens with zero attached hydrogens (tertiary/aromatic N) is 2.